The maximum absolute atomic E-state index is 13.1. The highest BCUT2D eigenvalue weighted by atomic mass is 35.5. The monoisotopic (exact) mass is 414 g/mol. The Morgan fingerprint density at radius 2 is 2.15 bits per heavy atom. The third-order valence-corrected chi connectivity index (χ3v) is 7.74. The summed E-state index contributed by atoms with van der Waals surface area (Å²) in [6, 6.07) is 2.85. The number of ether oxygens (including phenoxy) is 1. The number of piperidine rings is 1. The van der Waals surface area contributed by atoms with Crippen LogP contribution in [-0.2, 0) is 14.8 Å². The fourth-order valence-electron chi connectivity index (χ4n) is 3.61. The molecule has 4 heterocycles. The number of halogens is 2. The lowest BCUT2D eigenvalue weighted by atomic mass is 9.86. The molecule has 1 N–H and O–H groups in total. The van der Waals surface area contributed by atoms with Crippen LogP contribution in [0.2, 0.25) is 5.15 Å². The number of nitrogens with zero attached hydrogens (tertiary/aromatic N) is 3. The molecule has 10 heteroatoms. The normalized spacial score (nSPS) is 24.7. The molecule has 0 saturated carbocycles. The van der Waals surface area contributed by atoms with E-state index in [1.807, 2.05) is 6.92 Å². The van der Waals surface area contributed by atoms with Gasteiger partial charge in [-0.3, -0.25) is 0 Å². The number of H-pyrrole nitrogens is 1. The fourth-order valence-corrected chi connectivity index (χ4v) is 5.65. The van der Waals surface area contributed by atoms with Gasteiger partial charge in [-0.05, 0) is 24.5 Å². The molecule has 0 radical (unpaired) electrons. The van der Waals surface area contributed by atoms with Crippen LogP contribution in [0.25, 0.3) is 11.5 Å². The van der Waals surface area contributed by atoms with Crippen LogP contribution in [0.15, 0.2) is 18.3 Å². The van der Waals surface area contributed by atoms with Crippen LogP contribution in [0.3, 0.4) is 0 Å². The van der Waals surface area contributed by atoms with E-state index in [0.717, 1.165) is 11.9 Å². The van der Waals surface area contributed by atoms with Crippen LogP contribution >= 0.6 is 11.6 Å². The van der Waals surface area contributed by atoms with E-state index in [9.17, 15) is 12.8 Å². The van der Waals surface area contributed by atoms with Gasteiger partial charge in [-0.1, -0.05) is 18.5 Å². The van der Waals surface area contributed by atoms with Crippen molar-refractivity contribution in [2.45, 2.75) is 24.5 Å². The average molecular weight is 415 g/mol. The molecule has 0 aliphatic carbocycles. The Balaban J connectivity index is 1.52. The zero-order chi connectivity index (χ0) is 19.2. The number of aromatic nitrogens is 3. The highest BCUT2D eigenvalue weighted by Gasteiger charge is 2.41. The number of imidazole rings is 1. The van der Waals surface area contributed by atoms with Gasteiger partial charge < -0.3 is 9.72 Å². The first kappa shape index (κ1) is 18.8. The van der Waals surface area contributed by atoms with Gasteiger partial charge in [0.25, 0.3) is 0 Å². The molecule has 2 aromatic heterocycles. The van der Waals surface area contributed by atoms with Gasteiger partial charge in [0.15, 0.2) is 11.0 Å². The lowest BCUT2D eigenvalue weighted by Crippen LogP contribution is -2.52. The summed E-state index contributed by atoms with van der Waals surface area (Å²) < 4.78 is 44.9. The topological polar surface area (TPSA) is 88.2 Å². The molecule has 0 bridgehead atoms. The summed E-state index contributed by atoms with van der Waals surface area (Å²) in [5.74, 6) is 0.185. The molecule has 0 spiro atoms. The molecule has 2 aliphatic rings. The Morgan fingerprint density at radius 1 is 1.37 bits per heavy atom. The largest absolute Gasteiger partial charge is 0.378 e. The van der Waals surface area contributed by atoms with Crippen molar-refractivity contribution in [2.24, 2.45) is 5.92 Å². The number of hydrogen-bond acceptors (Lipinski definition) is 5. The van der Waals surface area contributed by atoms with E-state index >= 15 is 0 Å². The first-order valence-electron chi connectivity index (χ1n) is 8.80. The van der Waals surface area contributed by atoms with Gasteiger partial charge in [0, 0.05) is 19.0 Å². The summed E-state index contributed by atoms with van der Waals surface area (Å²) in [5.41, 5.74) is 1.27. The Labute approximate surface area is 162 Å². The number of nitrogens with one attached hydrogen (secondary N) is 1. The molecule has 2 aliphatic heterocycles. The van der Waals surface area contributed by atoms with Crippen molar-refractivity contribution >= 4 is 21.6 Å². The molecule has 2 fully saturated rings. The number of rotatable bonds is 4. The Morgan fingerprint density at radius 3 is 2.74 bits per heavy atom. The first-order valence-corrected chi connectivity index (χ1v) is 10.7. The third kappa shape index (κ3) is 3.49. The standard InChI is InChI=1S/C17H20ClFN4O3S/c1-10-7-23(27(24,25)12-8-26-9-12)5-4-13(10)15-16(18)22-17(21-15)14-3-2-11(19)6-20-14/h2-3,6,10,12-13H,4-5,7-9H2,1H3,(H,21,22)/t10-,13+/m0/s1. The smallest absolute Gasteiger partial charge is 0.221 e. The van der Waals surface area contributed by atoms with Crippen molar-refractivity contribution in [2.75, 3.05) is 26.3 Å². The molecule has 0 amide bonds. The molecule has 0 unspecified atom stereocenters. The molecule has 2 saturated heterocycles. The molecule has 2 aromatic rings. The highest BCUT2D eigenvalue weighted by Crippen LogP contribution is 2.37. The molecule has 7 nitrogen and oxygen atoms in total. The molecule has 2 atom stereocenters. The SMILES string of the molecule is C[C@H]1CN(S(=O)(=O)C2COC2)CC[C@H]1c1[nH]c(-c2ccc(F)cn2)nc1Cl. The Kier molecular flexibility index (Phi) is 4.96. The summed E-state index contributed by atoms with van der Waals surface area (Å²) in [4.78, 5) is 11.5. The first-order chi connectivity index (χ1) is 12.9. The minimum atomic E-state index is -3.31. The zero-order valence-electron chi connectivity index (χ0n) is 14.7. The predicted molar refractivity (Wildman–Crippen MR) is 98.4 cm³/mol. The maximum Gasteiger partial charge on any atom is 0.221 e. The van der Waals surface area contributed by atoms with Crippen molar-refractivity contribution < 1.29 is 17.5 Å². The summed E-state index contributed by atoms with van der Waals surface area (Å²) in [5, 5.41) is -0.0789. The van der Waals surface area contributed by atoms with Crippen molar-refractivity contribution in [3.05, 3.63) is 35.0 Å². The van der Waals surface area contributed by atoms with Gasteiger partial charge >= 0.3 is 0 Å². The lowest BCUT2D eigenvalue weighted by molar-refractivity contribution is 0.0383. The van der Waals surface area contributed by atoms with E-state index in [4.69, 9.17) is 16.3 Å². The van der Waals surface area contributed by atoms with Crippen LogP contribution in [0, 0.1) is 11.7 Å². The molecular weight excluding hydrogens is 395 g/mol. The second-order valence-electron chi connectivity index (χ2n) is 7.09. The van der Waals surface area contributed by atoms with Gasteiger partial charge in [0.05, 0.1) is 25.1 Å². The average Bonchev–Trinajstić information content (AvgIpc) is 2.95. The van der Waals surface area contributed by atoms with E-state index in [1.54, 1.807) is 4.31 Å². The summed E-state index contributed by atoms with van der Waals surface area (Å²) in [6.07, 6.45) is 1.77. The second kappa shape index (κ2) is 7.12. The third-order valence-electron chi connectivity index (χ3n) is 5.28. The molecule has 27 heavy (non-hydrogen) atoms. The minimum Gasteiger partial charge on any atom is -0.378 e. The van der Waals surface area contributed by atoms with Gasteiger partial charge in [-0.15, -0.1) is 0 Å². The van der Waals surface area contributed by atoms with Crippen molar-refractivity contribution in [3.8, 4) is 11.5 Å². The number of hydrogen-bond donors (Lipinski definition) is 1. The van der Waals surface area contributed by atoms with Crippen LogP contribution in [0.5, 0.6) is 0 Å². The Hall–Kier alpha value is -1.55. The van der Waals surface area contributed by atoms with Gasteiger partial charge in [-0.2, -0.15) is 0 Å². The van der Waals surface area contributed by atoms with Crippen LogP contribution in [0.4, 0.5) is 4.39 Å². The molecule has 4 rings (SSSR count). The lowest BCUT2D eigenvalue weighted by Gasteiger charge is -2.39. The second-order valence-corrected chi connectivity index (χ2v) is 9.66. The quantitative estimate of drug-likeness (QED) is 0.830. The van der Waals surface area contributed by atoms with Crippen LogP contribution in [0.1, 0.15) is 25.0 Å². The van der Waals surface area contributed by atoms with Crippen molar-refractivity contribution in [1.29, 1.82) is 0 Å². The van der Waals surface area contributed by atoms with E-state index < -0.39 is 21.1 Å². The molecular formula is C17H20ClFN4O3S. The number of pyridine rings is 1. The minimum absolute atomic E-state index is 0.0586. The van der Waals surface area contributed by atoms with Crippen molar-refractivity contribution in [3.63, 3.8) is 0 Å². The Bertz CT molecular complexity index is 930. The van der Waals surface area contributed by atoms with Gasteiger partial charge in [0.2, 0.25) is 10.0 Å². The van der Waals surface area contributed by atoms with E-state index in [1.165, 1.54) is 12.1 Å². The number of sulfonamides is 1. The summed E-state index contributed by atoms with van der Waals surface area (Å²) in [6.45, 7) is 3.43. The maximum atomic E-state index is 13.1. The summed E-state index contributed by atoms with van der Waals surface area (Å²) >= 11 is 6.34. The van der Waals surface area contributed by atoms with Crippen LogP contribution in [-0.4, -0.2) is 59.2 Å². The van der Waals surface area contributed by atoms with E-state index in [-0.39, 0.29) is 25.0 Å². The fraction of sp³-hybridized carbons (Fsp3) is 0.529. The zero-order valence-corrected chi connectivity index (χ0v) is 16.3. The number of aromatic amines is 1. The molecule has 146 valence electrons. The molecule has 0 aromatic carbocycles. The highest BCUT2D eigenvalue weighted by molar-refractivity contribution is 7.89. The predicted octanol–water partition coefficient (Wildman–Crippen LogP) is 2.42. The summed E-state index contributed by atoms with van der Waals surface area (Å²) in [7, 11) is -3.31. The van der Waals surface area contributed by atoms with E-state index in [0.29, 0.717) is 36.2 Å². The van der Waals surface area contributed by atoms with Gasteiger partial charge in [0.1, 0.15) is 16.8 Å². The van der Waals surface area contributed by atoms with Gasteiger partial charge in [-0.25, -0.2) is 27.1 Å². The van der Waals surface area contributed by atoms with Crippen LogP contribution < -0.4 is 0 Å². The van der Waals surface area contributed by atoms with Crippen molar-refractivity contribution in [1.82, 2.24) is 19.3 Å². The van der Waals surface area contributed by atoms with E-state index in [2.05, 4.69) is 15.0 Å².